The lowest BCUT2D eigenvalue weighted by atomic mass is 9.88. The van der Waals surface area contributed by atoms with Gasteiger partial charge in [0, 0.05) is 42.7 Å². The van der Waals surface area contributed by atoms with Gasteiger partial charge >= 0.3 is 0 Å². The average molecular weight is 383 g/mol. The standard InChI is InChI=1S/C20H28ClFN2O2/c1-14(2)19(25)23-12-15-6-7-20(26-15)8-10-24(11-9-20)13-16-17(21)4-3-5-18(16)22/h3-5,14-15H,6-13H2,1-2H3,(H,23,25). The van der Waals surface area contributed by atoms with Crippen LogP contribution in [0.15, 0.2) is 18.2 Å². The fraction of sp³-hybridized carbons (Fsp3) is 0.650. The predicted molar refractivity (Wildman–Crippen MR) is 101 cm³/mol. The highest BCUT2D eigenvalue weighted by Gasteiger charge is 2.42. The van der Waals surface area contributed by atoms with Gasteiger partial charge < -0.3 is 10.1 Å². The van der Waals surface area contributed by atoms with Crippen LogP contribution in [0.2, 0.25) is 5.02 Å². The molecule has 2 heterocycles. The minimum Gasteiger partial charge on any atom is -0.370 e. The number of carbonyl (C=O) groups is 1. The van der Waals surface area contributed by atoms with Gasteiger partial charge in [0.2, 0.25) is 5.91 Å². The first-order chi connectivity index (χ1) is 12.4. The van der Waals surface area contributed by atoms with Crippen LogP contribution in [0.3, 0.4) is 0 Å². The summed E-state index contributed by atoms with van der Waals surface area (Å²) < 4.78 is 20.3. The van der Waals surface area contributed by atoms with Crippen LogP contribution < -0.4 is 5.32 Å². The number of hydrogen-bond acceptors (Lipinski definition) is 3. The second-order valence-electron chi connectivity index (χ2n) is 7.84. The molecule has 6 heteroatoms. The first-order valence-electron chi connectivity index (χ1n) is 9.49. The maximum atomic E-state index is 14.0. The summed E-state index contributed by atoms with van der Waals surface area (Å²) in [5.41, 5.74) is 0.495. The molecule has 1 unspecified atom stereocenters. The quantitative estimate of drug-likeness (QED) is 0.842. The number of rotatable bonds is 5. The van der Waals surface area contributed by atoms with Crippen molar-refractivity contribution >= 4 is 17.5 Å². The second-order valence-corrected chi connectivity index (χ2v) is 8.24. The number of amides is 1. The van der Waals surface area contributed by atoms with Crippen molar-refractivity contribution in [1.29, 1.82) is 0 Å². The molecule has 144 valence electrons. The molecule has 0 aliphatic carbocycles. The van der Waals surface area contributed by atoms with Crippen LogP contribution in [-0.4, -0.2) is 42.1 Å². The van der Waals surface area contributed by atoms with E-state index in [4.69, 9.17) is 16.3 Å². The number of likely N-dealkylation sites (tertiary alicyclic amines) is 1. The topological polar surface area (TPSA) is 41.6 Å². The van der Waals surface area contributed by atoms with Crippen molar-refractivity contribution in [2.45, 2.75) is 57.8 Å². The number of benzene rings is 1. The first-order valence-corrected chi connectivity index (χ1v) is 9.87. The number of ether oxygens (including phenoxy) is 1. The van der Waals surface area contributed by atoms with Gasteiger partial charge in [0.15, 0.2) is 0 Å². The summed E-state index contributed by atoms with van der Waals surface area (Å²) in [6.07, 6.45) is 3.99. The van der Waals surface area contributed by atoms with E-state index in [9.17, 15) is 9.18 Å². The maximum absolute atomic E-state index is 14.0. The Bertz CT molecular complexity index is 624. The van der Waals surface area contributed by atoms with Crippen molar-refractivity contribution in [3.63, 3.8) is 0 Å². The molecule has 4 nitrogen and oxygen atoms in total. The van der Waals surface area contributed by atoms with Gasteiger partial charge in [0.1, 0.15) is 5.82 Å². The van der Waals surface area contributed by atoms with Gasteiger partial charge in [-0.1, -0.05) is 31.5 Å². The second kappa shape index (κ2) is 8.24. The molecule has 1 amide bonds. The Morgan fingerprint density at radius 3 is 2.77 bits per heavy atom. The molecular weight excluding hydrogens is 355 g/mol. The van der Waals surface area contributed by atoms with Crippen molar-refractivity contribution in [3.05, 3.63) is 34.6 Å². The normalized spacial score (nSPS) is 22.9. The van der Waals surface area contributed by atoms with Crippen LogP contribution in [0.4, 0.5) is 4.39 Å². The van der Waals surface area contributed by atoms with Gasteiger partial charge in [-0.05, 0) is 37.8 Å². The predicted octanol–water partition coefficient (Wildman–Crippen LogP) is 3.76. The zero-order valence-corrected chi connectivity index (χ0v) is 16.3. The van der Waals surface area contributed by atoms with E-state index >= 15 is 0 Å². The Morgan fingerprint density at radius 1 is 1.38 bits per heavy atom. The Hall–Kier alpha value is -1.17. The molecule has 1 N–H and O–H groups in total. The smallest absolute Gasteiger partial charge is 0.222 e. The van der Waals surface area contributed by atoms with E-state index in [2.05, 4.69) is 10.2 Å². The van der Waals surface area contributed by atoms with Crippen molar-refractivity contribution in [2.75, 3.05) is 19.6 Å². The molecule has 2 aliphatic heterocycles. The number of carbonyl (C=O) groups excluding carboxylic acids is 1. The number of nitrogens with one attached hydrogen (secondary N) is 1. The fourth-order valence-corrected chi connectivity index (χ4v) is 4.07. The highest BCUT2D eigenvalue weighted by molar-refractivity contribution is 6.31. The van der Waals surface area contributed by atoms with Crippen LogP contribution in [0, 0.1) is 11.7 Å². The fourth-order valence-electron chi connectivity index (χ4n) is 3.85. The first kappa shape index (κ1) is 19.6. The maximum Gasteiger partial charge on any atom is 0.222 e. The number of piperidine rings is 1. The van der Waals surface area contributed by atoms with Crippen LogP contribution >= 0.6 is 11.6 Å². The van der Waals surface area contributed by atoms with Gasteiger partial charge in [0.25, 0.3) is 0 Å². The molecule has 1 aromatic carbocycles. The molecule has 1 aromatic rings. The molecule has 26 heavy (non-hydrogen) atoms. The average Bonchev–Trinajstić information content (AvgIpc) is 3.01. The molecule has 1 spiro atoms. The molecule has 2 saturated heterocycles. The molecule has 1 atom stereocenters. The van der Waals surface area contributed by atoms with E-state index < -0.39 is 0 Å². The molecule has 0 radical (unpaired) electrons. The zero-order chi connectivity index (χ0) is 18.7. The third-order valence-corrected chi connectivity index (χ3v) is 5.93. The van der Waals surface area contributed by atoms with Crippen LogP contribution in [0.25, 0.3) is 0 Å². The molecule has 0 aromatic heterocycles. The van der Waals surface area contributed by atoms with Gasteiger partial charge in [-0.2, -0.15) is 0 Å². The number of hydrogen-bond donors (Lipinski definition) is 1. The molecule has 3 rings (SSSR count). The summed E-state index contributed by atoms with van der Waals surface area (Å²) in [5.74, 6) is -0.166. The molecule has 2 aliphatic rings. The molecule has 0 saturated carbocycles. The minimum atomic E-state index is -0.240. The van der Waals surface area contributed by atoms with E-state index in [1.807, 2.05) is 13.8 Å². The summed E-state index contributed by atoms with van der Waals surface area (Å²) in [6.45, 7) is 6.65. The third kappa shape index (κ3) is 4.56. The van der Waals surface area contributed by atoms with E-state index in [0.717, 1.165) is 38.8 Å². The summed E-state index contributed by atoms with van der Waals surface area (Å²) in [6, 6.07) is 4.83. The van der Waals surface area contributed by atoms with Crippen molar-refractivity contribution < 1.29 is 13.9 Å². The van der Waals surface area contributed by atoms with Gasteiger partial charge in [-0.15, -0.1) is 0 Å². The minimum absolute atomic E-state index is 0.00110. The summed E-state index contributed by atoms with van der Waals surface area (Å²) in [4.78, 5) is 14.0. The SMILES string of the molecule is CC(C)C(=O)NCC1CCC2(CCN(Cc3c(F)cccc3Cl)CC2)O1. The zero-order valence-electron chi connectivity index (χ0n) is 15.6. The molecule has 0 bridgehead atoms. The molecule has 2 fully saturated rings. The van der Waals surface area contributed by atoms with Crippen molar-refractivity contribution in [2.24, 2.45) is 5.92 Å². The largest absolute Gasteiger partial charge is 0.370 e. The lowest BCUT2D eigenvalue weighted by molar-refractivity contribution is -0.125. The number of halogens is 2. The van der Waals surface area contributed by atoms with Crippen LogP contribution in [0.1, 0.15) is 45.1 Å². The van der Waals surface area contributed by atoms with Crippen molar-refractivity contribution in [1.82, 2.24) is 10.2 Å². The Morgan fingerprint density at radius 2 is 2.12 bits per heavy atom. The highest BCUT2D eigenvalue weighted by atomic mass is 35.5. The van der Waals surface area contributed by atoms with Crippen molar-refractivity contribution in [3.8, 4) is 0 Å². The monoisotopic (exact) mass is 382 g/mol. The van der Waals surface area contributed by atoms with Crippen LogP contribution in [-0.2, 0) is 16.1 Å². The van der Waals surface area contributed by atoms with Gasteiger partial charge in [0.05, 0.1) is 11.7 Å². The van der Waals surface area contributed by atoms with E-state index in [0.29, 0.717) is 23.7 Å². The lowest BCUT2D eigenvalue weighted by Crippen LogP contribution is -2.45. The van der Waals surface area contributed by atoms with Gasteiger partial charge in [-0.3, -0.25) is 9.69 Å². The van der Waals surface area contributed by atoms with E-state index in [-0.39, 0.29) is 29.3 Å². The third-order valence-electron chi connectivity index (χ3n) is 5.58. The van der Waals surface area contributed by atoms with Gasteiger partial charge in [-0.25, -0.2) is 4.39 Å². The lowest BCUT2D eigenvalue weighted by Gasteiger charge is -2.39. The highest BCUT2D eigenvalue weighted by Crippen LogP contribution is 2.39. The van der Waals surface area contributed by atoms with Crippen LogP contribution in [0.5, 0.6) is 0 Å². The summed E-state index contributed by atoms with van der Waals surface area (Å²) >= 11 is 6.15. The summed E-state index contributed by atoms with van der Waals surface area (Å²) in [7, 11) is 0. The Kier molecular flexibility index (Phi) is 6.21. The van der Waals surface area contributed by atoms with E-state index in [1.54, 1.807) is 12.1 Å². The molecular formula is C20H28ClFN2O2. The number of nitrogens with zero attached hydrogens (tertiary/aromatic N) is 1. The summed E-state index contributed by atoms with van der Waals surface area (Å²) in [5, 5.41) is 3.46. The Balaban J connectivity index is 1.48. The van der Waals surface area contributed by atoms with E-state index in [1.165, 1.54) is 6.07 Å². The Labute approximate surface area is 160 Å².